The number of anilines is 1. The van der Waals surface area contributed by atoms with Crippen molar-refractivity contribution in [1.29, 1.82) is 0 Å². The van der Waals surface area contributed by atoms with Gasteiger partial charge in [-0.15, -0.1) is 24.8 Å². The molecule has 0 unspecified atom stereocenters. The van der Waals surface area contributed by atoms with Gasteiger partial charge in [0.15, 0.2) is 0 Å². The van der Waals surface area contributed by atoms with Crippen LogP contribution in [0.1, 0.15) is 6.92 Å². The molecular weight excluding hydrogens is 353 g/mol. The summed E-state index contributed by atoms with van der Waals surface area (Å²) in [6, 6.07) is 7.12. The molecule has 1 saturated heterocycles. The molecule has 24 heavy (non-hydrogen) atoms. The maximum absolute atomic E-state index is 12.3. The number of benzene rings is 1. The Labute approximate surface area is 156 Å². The van der Waals surface area contributed by atoms with Crippen LogP contribution in [0.5, 0.6) is 5.75 Å². The molecule has 2 N–H and O–H groups in total. The highest BCUT2D eigenvalue weighted by atomic mass is 35.5. The van der Waals surface area contributed by atoms with E-state index in [2.05, 4.69) is 15.5 Å². The second-order valence-electron chi connectivity index (χ2n) is 5.68. The Kier molecular flexibility index (Phi) is 11.0. The van der Waals surface area contributed by atoms with Gasteiger partial charge in [-0.1, -0.05) is 6.07 Å². The van der Waals surface area contributed by atoms with Gasteiger partial charge in [0, 0.05) is 24.8 Å². The van der Waals surface area contributed by atoms with Crippen LogP contribution in [0, 0.1) is 0 Å². The van der Waals surface area contributed by atoms with Crippen molar-refractivity contribution >= 4 is 36.4 Å². The fourth-order valence-corrected chi connectivity index (χ4v) is 2.26. The molecule has 1 aliphatic rings. The average molecular weight is 380 g/mol. The first kappa shape index (κ1) is 22.9. The number of nitrogens with zero attached hydrogens (tertiary/aromatic N) is 1. The fraction of sp³-hybridized carbons (Fsp3) is 0.562. The zero-order chi connectivity index (χ0) is 15.9. The quantitative estimate of drug-likeness (QED) is 0.788. The van der Waals surface area contributed by atoms with Crippen LogP contribution in [0.4, 0.5) is 5.69 Å². The number of halogens is 2. The van der Waals surface area contributed by atoms with Gasteiger partial charge < -0.3 is 25.0 Å². The highest BCUT2D eigenvalue weighted by Crippen LogP contribution is 2.18. The van der Waals surface area contributed by atoms with Crippen molar-refractivity contribution in [1.82, 2.24) is 10.2 Å². The summed E-state index contributed by atoms with van der Waals surface area (Å²) < 4.78 is 11.2. The number of hydrogen-bond donors (Lipinski definition) is 2. The minimum atomic E-state index is -0.327. The summed E-state index contributed by atoms with van der Waals surface area (Å²) in [7, 11) is 4.00. The molecule has 0 radical (unpaired) electrons. The lowest BCUT2D eigenvalue weighted by atomic mass is 10.1. The number of amides is 1. The predicted octanol–water partition coefficient (Wildman–Crippen LogP) is 1.79. The maximum Gasteiger partial charge on any atom is 0.244 e. The molecule has 0 spiro atoms. The topological polar surface area (TPSA) is 62.8 Å². The SMILES string of the molecule is C[C@H]1OCCN[C@@H]1C(=O)Nc1cccc(OCCN(C)C)c1.Cl.Cl. The summed E-state index contributed by atoms with van der Waals surface area (Å²) in [5.41, 5.74) is 0.729. The molecule has 1 heterocycles. The van der Waals surface area contributed by atoms with Crippen LogP contribution in [0.15, 0.2) is 24.3 Å². The molecule has 0 bridgehead atoms. The molecule has 1 amide bonds. The van der Waals surface area contributed by atoms with Crippen LogP contribution in [0.2, 0.25) is 0 Å². The monoisotopic (exact) mass is 379 g/mol. The van der Waals surface area contributed by atoms with Crippen molar-refractivity contribution in [3.05, 3.63) is 24.3 Å². The third-order valence-electron chi connectivity index (χ3n) is 3.51. The Hall–Kier alpha value is -1.05. The van der Waals surface area contributed by atoms with Crippen LogP contribution < -0.4 is 15.4 Å². The van der Waals surface area contributed by atoms with Gasteiger partial charge in [0.2, 0.25) is 5.91 Å². The zero-order valence-electron chi connectivity index (χ0n) is 14.3. The molecule has 1 aromatic rings. The Bertz CT molecular complexity index is 503. The van der Waals surface area contributed by atoms with E-state index in [9.17, 15) is 4.79 Å². The molecule has 8 heteroatoms. The van der Waals surface area contributed by atoms with Crippen LogP contribution in [-0.2, 0) is 9.53 Å². The predicted molar refractivity (Wildman–Crippen MR) is 101 cm³/mol. The van der Waals surface area contributed by atoms with Gasteiger partial charge in [-0.05, 0) is 33.2 Å². The fourth-order valence-electron chi connectivity index (χ4n) is 2.26. The lowest BCUT2D eigenvalue weighted by Gasteiger charge is -2.29. The van der Waals surface area contributed by atoms with E-state index in [-0.39, 0.29) is 42.9 Å². The average Bonchev–Trinajstić information content (AvgIpc) is 2.47. The molecule has 0 aromatic heterocycles. The van der Waals surface area contributed by atoms with Crippen molar-refractivity contribution in [3.8, 4) is 5.75 Å². The Morgan fingerprint density at radius 3 is 2.83 bits per heavy atom. The van der Waals surface area contributed by atoms with E-state index in [0.29, 0.717) is 19.8 Å². The number of ether oxygens (including phenoxy) is 2. The summed E-state index contributed by atoms with van der Waals surface area (Å²) in [5.74, 6) is 0.665. The van der Waals surface area contributed by atoms with Gasteiger partial charge in [0.1, 0.15) is 18.4 Å². The normalized spacial score (nSPS) is 19.8. The van der Waals surface area contributed by atoms with E-state index in [0.717, 1.165) is 18.0 Å². The van der Waals surface area contributed by atoms with Crippen LogP contribution in [0.3, 0.4) is 0 Å². The van der Waals surface area contributed by atoms with Crippen molar-refractivity contribution in [3.63, 3.8) is 0 Å². The van der Waals surface area contributed by atoms with Gasteiger partial charge in [-0.25, -0.2) is 0 Å². The minimum Gasteiger partial charge on any atom is -0.492 e. The molecular formula is C16H27Cl2N3O3. The summed E-state index contributed by atoms with van der Waals surface area (Å²) in [5, 5.41) is 6.09. The number of rotatable bonds is 6. The number of nitrogens with one attached hydrogen (secondary N) is 2. The lowest BCUT2D eigenvalue weighted by molar-refractivity contribution is -0.123. The van der Waals surface area contributed by atoms with E-state index in [1.165, 1.54) is 0 Å². The summed E-state index contributed by atoms with van der Waals surface area (Å²) in [6.45, 7) is 4.68. The highest BCUT2D eigenvalue weighted by Gasteiger charge is 2.28. The van der Waals surface area contributed by atoms with Crippen LogP contribution >= 0.6 is 24.8 Å². The van der Waals surface area contributed by atoms with E-state index in [1.807, 2.05) is 45.3 Å². The second-order valence-corrected chi connectivity index (χ2v) is 5.68. The maximum atomic E-state index is 12.3. The van der Waals surface area contributed by atoms with Crippen LogP contribution in [-0.4, -0.2) is 63.4 Å². The van der Waals surface area contributed by atoms with Crippen molar-refractivity contribution in [2.75, 3.05) is 45.7 Å². The standard InChI is InChI=1S/C16H25N3O3.2ClH/c1-12-15(17-7-9-21-12)16(20)18-13-5-4-6-14(11-13)22-10-8-19(2)3;;/h4-6,11-12,15,17H,7-10H2,1-3H3,(H,18,20);2*1H/t12-,15+;;/m1../s1. The first-order valence-corrected chi connectivity index (χ1v) is 7.59. The molecule has 0 saturated carbocycles. The van der Waals surface area contributed by atoms with Gasteiger partial charge in [-0.3, -0.25) is 4.79 Å². The molecule has 1 fully saturated rings. The minimum absolute atomic E-state index is 0. The van der Waals surface area contributed by atoms with Gasteiger partial charge in [-0.2, -0.15) is 0 Å². The first-order valence-electron chi connectivity index (χ1n) is 7.59. The molecule has 6 nitrogen and oxygen atoms in total. The van der Waals surface area contributed by atoms with E-state index < -0.39 is 0 Å². The summed E-state index contributed by atoms with van der Waals surface area (Å²) in [6.07, 6.45) is -0.131. The Morgan fingerprint density at radius 1 is 1.42 bits per heavy atom. The van der Waals surface area contributed by atoms with Gasteiger partial charge in [0.05, 0.1) is 12.7 Å². The summed E-state index contributed by atoms with van der Waals surface area (Å²) >= 11 is 0. The van der Waals surface area contributed by atoms with Crippen molar-refractivity contribution in [2.45, 2.75) is 19.1 Å². The van der Waals surface area contributed by atoms with Crippen molar-refractivity contribution in [2.24, 2.45) is 0 Å². The molecule has 138 valence electrons. The molecule has 0 aliphatic carbocycles. The highest BCUT2D eigenvalue weighted by molar-refractivity contribution is 5.95. The molecule has 2 rings (SSSR count). The zero-order valence-corrected chi connectivity index (χ0v) is 15.9. The van der Waals surface area contributed by atoms with Gasteiger partial charge >= 0.3 is 0 Å². The Morgan fingerprint density at radius 2 is 2.17 bits per heavy atom. The van der Waals surface area contributed by atoms with E-state index >= 15 is 0 Å². The number of likely N-dealkylation sites (N-methyl/N-ethyl adjacent to an activating group) is 1. The van der Waals surface area contributed by atoms with Crippen molar-refractivity contribution < 1.29 is 14.3 Å². The Balaban J connectivity index is 0.00000264. The van der Waals surface area contributed by atoms with Crippen LogP contribution in [0.25, 0.3) is 0 Å². The number of carbonyl (C=O) groups is 1. The number of morpholine rings is 1. The lowest BCUT2D eigenvalue weighted by Crippen LogP contribution is -2.53. The smallest absolute Gasteiger partial charge is 0.244 e. The number of hydrogen-bond acceptors (Lipinski definition) is 5. The molecule has 1 aromatic carbocycles. The van der Waals surface area contributed by atoms with Gasteiger partial charge in [0.25, 0.3) is 0 Å². The third kappa shape index (κ3) is 7.23. The molecule has 2 atom stereocenters. The third-order valence-corrected chi connectivity index (χ3v) is 3.51. The summed E-state index contributed by atoms with van der Waals surface area (Å²) in [4.78, 5) is 14.3. The largest absolute Gasteiger partial charge is 0.492 e. The first-order chi connectivity index (χ1) is 10.6. The number of carbonyl (C=O) groups excluding carboxylic acids is 1. The van der Waals surface area contributed by atoms with E-state index in [1.54, 1.807) is 0 Å². The van der Waals surface area contributed by atoms with E-state index in [4.69, 9.17) is 9.47 Å². The molecule has 1 aliphatic heterocycles. The second kappa shape index (κ2) is 11.5.